The van der Waals surface area contributed by atoms with Crippen molar-refractivity contribution in [3.05, 3.63) is 144 Å². The molecule has 4 nitrogen and oxygen atoms in total. The van der Waals surface area contributed by atoms with Gasteiger partial charge in [0.15, 0.2) is 0 Å². The third-order valence-electron chi connectivity index (χ3n) is 8.09. The van der Waals surface area contributed by atoms with Gasteiger partial charge < -0.3 is 9.97 Å². The van der Waals surface area contributed by atoms with Crippen molar-refractivity contribution in [1.82, 2.24) is 19.9 Å². The Labute approximate surface area is 255 Å². The minimum atomic E-state index is 0.706. The van der Waals surface area contributed by atoms with Crippen molar-refractivity contribution in [1.29, 1.82) is 0 Å². The molecule has 6 aromatic rings. The molecule has 2 N–H and O–H groups in total. The summed E-state index contributed by atoms with van der Waals surface area (Å²) in [7, 11) is 0. The summed E-state index contributed by atoms with van der Waals surface area (Å²) in [6.45, 7) is 0. The molecule has 0 aliphatic carbocycles. The second-order valence-corrected chi connectivity index (χ2v) is 10.7. The third kappa shape index (κ3) is 4.36. The van der Waals surface area contributed by atoms with Crippen LogP contribution in [0.25, 0.3) is 79.8 Å². The van der Waals surface area contributed by atoms with Gasteiger partial charge in [-0.2, -0.15) is 0 Å². The Morgan fingerprint density at radius 1 is 0.409 bits per heavy atom. The van der Waals surface area contributed by atoms with Gasteiger partial charge in [-0.15, -0.1) is 6.42 Å². The summed E-state index contributed by atoms with van der Waals surface area (Å²) in [6, 6.07) is 39.5. The lowest BCUT2D eigenvalue weighted by molar-refractivity contribution is 1.30. The summed E-state index contributed by atoms with van der Waals surface area (Å²) in [4.78, 5) is 17.7. The molecule has 0 radical (unpaired) electrons. The molecule has 4 heteroatoms. The Morgan fingerprint density at radius 2 is 0.750 bits per heavy atom. The standard InChI is InChI=1S/C40H26N4/c1-2-29-30-18-20-32(41-30)38(26-12-6-3-7-13-26)34-22-24-36(43-34)40(28-16-10-5-11-17-28)37-25-23-35(44-37)39(27-14-8-4-9-15-27)33-21-19-31(29)42-33/h1,3-25,41,44H. The molecule has 2 aliphatic rings. The number of aromatic nitrogens is 4. The number of hydrogen-bond donors (Lipinski definition) is 2. The van der Waals surface area contributed by atoms with Gasteiger partial charge >= 0.3 is 0 Å². The fourth-order valence-corrected chi connectivity index (χ4v) is 6.08. The van der Waals surface area contributed by atoms with Gasteiger partial charge in [0.2, 0.25) is 0 Å². The van der Waals surface area contributed by atoms with E-state index in [9.17, 15) is 0 Å². The molecular formula is C40H26N4. The lowest BCUT2D eigenvalue weighted by Gasteiger charge is -2.06. The van der Waals surface area contributed by atoms with Crippen LogP contribution in [-0.2, 0) is 0 Å². The quantitative estimate of drug-likeness (QED) is 0.211. The number of nitrogens with one attached hydrogen (secondary N) is 2. The largest absolute Gasteiger partial charge is 0.354 e. The summed E-state index contributed by atoms with van der Waals surface area (Å²) in [5, 5.41) is 0. The van der Waals surface area contributed by atoms with Crippen LogP contribution >= 0.6 is 0 Å². The molecule has 206 valence electrons. The zero-order chi connectivity index (χ0) is 29.5. The van der Waals surface area contributed by atoms with Crippen LogP contribution in [-0.4, -0.2) is 19.9 Å². The fourth-order valence-electron chi connectivity index (χ4n) is 6.08. The van der Waals surface area contributed by atoms with Gasteiger partial charge in [0, 0.05) is 33.2 Å². The van der Waals surface area contributed by atoms with Crippen molar-refractivity contribution in [3.63, 3.8) is 0 Å². The van der Waals surface area contributed by atoms with Crippen LogP contribution in [0.3, 0.4) is 0 Å². The van der Waals surface area contributed by atoms with Crippen molar-refractivity contribution in [2.45, 2.75) is 0 Å². The predicted molar refractivity (Wildman–Crippen MR) is 183 cm³/mol. The minimum absolute atomic E-state index is 0.706. The molecule has 0 unspecified atom stereocenters. The maximum atomic E-state index is 6.13. The number of hydrogen-bond acceptors (Lipinski definition) is 2. The molecule has 2 aliphatic heterocycles. The Morgan fingerprint density at radius 3 is 1.16 bits per heavy atom. The van der Waals surface area contributed by atoms with E-state index in [1.54, 1.807) is 0 Å². The Balaban J connectivity index is 1.58. The highest BCUT2D eigenvalue weighted by molar-refractivity contribution is 5.98. The second-order valence-electron chi connectivity index (χ2n) is 10.7. The summed E-state index contributed by atoms with van der Waals surface area (Å²) in [6.07, 6.45) is 14.4. The van der Waals surface area contributed by atoms with Crippen molar-refractivity contribution in [3.8, 4) is 45.7 Å². The normalized spacial score (nSPS) is 11.9. The number of H-pyrrole nitrogens is 2. The molecule has 0 amide bonds. The molecule has 44 heavy (non-hydrogen) atoms. The summed E-state index contributed by atoms with van der Waals surface area (Å²) < 4.78 is 0. The number of fused-ring (bicyclic) bond motifs is 8. The Hall–Kier alpha value is -6.18. The van der Waals surface area contributed by atoms with E-state index in [1.165, 1.54) is 0 Å². The van der Waals surface area contributed by atoms with Crippen molar-refractivity contribution in [2.75, 3.05) is 0 Å². The number of nitrogens with zero attached hydrogens (tertiary/aromatic N) is 2. The molecule has 0 saturated heterocycles. The van der Waals surface area contributed by atoms with Crippen molar-refractivity contribution in [2.24, 2.45) is 0 Å². The average molecular weight is 563 g/mol. The SMILES string of the molecule is C#Cc1c2nc(c(-c3ccccc3)c3ccc([nH]3)c(-c3ccccc3)c3nc(c(-c4ccccc4)c4ccc1[nH]4)C=C3)C=C2. The second kappa shape index (κ2) is 10.6. The number of aromatic amines is 2. The zero-order valence-corrected chi connectivity index (χ0v) is 23.8. The van der Waals surface area contributed by atoms with E-state index in [0.29, 0.717) is 5.56 Å². The van der Waals surface area contributed by atoms with Crippen LogP contribution in [0.5, 0.6) is 0 Å². The molecule has 0 saturated carbocycles. The Bertz CT molecular complexity index is 2280. The molecular weight excluding hydrogens is 536 g/mol. The van der Waals surface area contributed by atoms with Gasteiger partial charge in [-0.1, -0.05) is 96.9 Å². The van der Waals surface area contributed by atoms with Crippen molar-refractivity contribution < 1.29 is 0 Å². The molecule has 3 aromatic carbocycles. The van der Waals surface area contributed by atoms with Crippen LogP contribution in [0.15, 0.2) is 115 Å². The number of terminal acetylenes is 1. The molecule has 0 fully saturated rings. The topological polar surface area (TPSA) is 57.4 Å². The lowest BCUT2D eigenvalue weighted by Crippen LogP contribution is -1.89. The number of benzene rings is 3. The van der Waals surface area contributed by atoms with Gasteiger partial charge in [-0.25, -0.2) is 9.97 Å². The van der Waals surface area contributed by atoms with E-state index >= 15 is 0 Å². The van der Waals surface area contributed by atoms with Gasteiger partial charge in [0.1, 0.15) is 0 Å². The first-order valence-electron chi connectivity index (χ1n) is 14.6. The highest BCUT2D eigenvalue weighted by Crippen LogP contribution is 2.36. The first-order valence-corrected chi connectivity index (χ1v) is 14.6. The lowest BCUT2D eigenvalue weighted by atomic mass is 10.0. The summed E-state index contributed by atoms with van der Waals surface area (Å²) in [5.41, 5.74) is 14.0. The van der Waals surface area contributed by atoms with E-state index in [-0.39, 0.29) is 0 Å². The molecule has 3 aromatic heterocycles. The van der Waals surface area contributed by atoms with Crippen LogP contribution < -0.4 is 0 Å². The van der Waals surface area contributed by atoms with Gasteiger partial charge in [-0.05, 0) is 65.3 Å². The van der Waals surface area contributed by atoms with Crippen LogP contribution in [0.1, 0.15) is 28.3 Å². The van der Waals surface area contributed by atoms with Gasteiger partial charge in [0.25, 0.3) is 0 Å². The molecule has 8 bridgehead atoms. The Kier molecular flexibility index (Phi) is 6.14. The first-order chi connectivity index (χ1) is 21.8. The fraction of sp³-hybridized carbons (Fsp3) is 0. The van der Waals surface area contributed by atoms with Gasteiger partial charge in [-0.3, -0.25) is 0 Å². The number of rotatable bonds is 3. The highest BCUT2D eigenvalue weighted by Gasteiger charge is 2.17. The summed E-state index contributed by atoms with van der Waals surface area (Å²) in [5.74, 6) is 2.91. The first kappa shape index (κ1) is 25.5. The minimum Gasteiger partial charge on any atom is -0.354 e. The van der Waals surface area contributed by atoms with E-state index < -0.39 is 0 Å². The van der Waals surface area contributed by atoms with E-state index in [0.717, 1.165) is 78.2 Å². The van der Waals surface area contributed by atoms with Gasteiger partial charge in [0.05, 0.1) is 33.9 Å². The maximum absolute atomic E-state index is 6.13. The summed E-state index contributed by atoms with van der Waals surface area (Å²) >= 11 is 0. The third-order valence-corrected chi connectivity index (χ3v) is 8.09. The highest BCUT2D eigenvalue weighted by atomic mass is 14.8. The smallest absolute Gasteiger partial charge is 0.0815 e. The molecule has 5 heterocycles. The maximum Gasteiger partial charge on any atom is 0.0815 e. The van der Waals surface area contributed by atoms with Crippen molar-refractivity contribution >= 4 is 46.4 Å². The monoisotopic (exact) mass is 562 g/mol. The van der Waals surface area contributed by atoms with Crippen LogP contribution in [0.2, 0.25) is 0 Å². The average Bonchev–Trinajstić information content (AvgIpc) is 3.90. The molecule has 8 rings (SSSR count). The van der Waals surface area contributed by atoms with E-state index in [1.807, 2.05) is 60.7 Å². The molecule has 0 spiro atoms. The van der Waals surface area contributed by atoms with Crippen LogP contribution in [0.4, 0.5) is 0 Å². The molecule has 0 atom stereocenters. The zero-order valence-electron chi connectivity index (χ0n) is 23.8. The van der Waals surface area contributed by atoms with E-state index in [2.05, 4.69) is 94.8 Å². The van der Waals surface area contributed by atoms with E-state index in [4.69, 9.17) is 16.4 Å². The predicted octanol–water partition coefficient (Wildman–Crippen LogP) is 9.64. The van der Waals surface area contributed by atoms with Crippen LogP contribution in [0, 0.1) is 12.3 Å².